The van der Waals surface area contributed by atoms with Crippen molar-refractivity contribution < 1.29 is 0 Å². The van der Waals surface area contributed by atoms with Crippen LogP contribution < -0.4 is 0 Å². The predicted molar refractivity (Wildman–Crippen MR) is 72.0 cm³/mol. The Hall–Kier alpha value is 0.0500. The fourth-order valence-electron chi connectivity index (χ4n) is 1.86. The molecular weight excluding hydrogens is 268 g/mol. The number of hydrogen-bond donors (Lipinski definition) is 0. The quantitative estimate of drug-likeness (QED) is 0.573. The van der Waals surface area contributed by atoms with Gasteiger partial charge in [0.25, 0.3) is 0 Å². The highest BCUT2D eigenvalue weighted by Crippen LogP contribution is 2.45. The number of rotatable bonds is 4. The van der Waals surface area contributed by atoms with Crippen LogP contribution in [0.5, 0.6) is 0 Å². The van der Waals surface area contributed by atoms with Crippen molar-refractivity contribution in [3.05, 3.63) is 29.8 Å². The fraction of sp³-hybridized carbons (Fsp3) is 0.538. The second-order valence-corrected chi connectivity index (χ2v) is 6.20. The fourth-order valence-corrected chi connectivity index (χ4v) is 4.08. The first-order chi connectivity index (χ1) is 7.24. The van der Waals surface area contributed by atoms with E-state index in [0.717, 1.165) is 0 Å². The molecule has 82 valence electrons. The Morgan fingerprint density at radius 3 is 2.40 bits per heavy atom. The molecule has 2 rings (SSSR count). The Bertz CT molecular complexity index is 308. The third-order valence-electron chi connectivity index (χ3n) is 3.26. The Labute approximate surface area is 105 Å². The Kier molecular flexibility index (Phi) is 3.78. The van der Waals surface area contributed by atoms with Crippen molar-refractivity contribution in [3.8, 4) is 0 Å². The van der Waals surface area contributed by atoms with Gasteiger partial charge >= 0.3 is 0 Å². The van der Waals surface area contributed by atoms with Gasteiger partial charge in [-0.3, -0.25) is 0 Å². The largest absolute Gasteiger partial charge is 0.126 e. The Balaban J connectivity index is 1.90. The predicted octanol–water partition coefficient (Wildman–Crippen LogP) is 4.65. The molecule has 1 fully saturated rings. The number of hydrogen-bond acceptors (Lipinski definition) is 1. The molecule has 0 unspecified atom stereocenters. The van der Waals surface area contributed by atoms with Crippen LogP contribution in [0, 0.1) is 12.3 Å². The van der Waals surface area contributed by atoms with Gasteiger partial charge in [0.1, 0.15) is 0 Å². The zero-order valence-corrected chi connectivity index (χ0v) is 11.5. The van der Waals surface area contributed by atoms with E-state index in [1.54, 1.807) is 0 Å². The van der Waals surface area contributed by atoms with Gasteiger partial charge in [-0.2, -0.15) is 0 Å². The molecule has 0 heterocycles. The van der Waals surface area contributed by atoms with Gasteiger partial charge in [0, 0.05) is 16.0 Å². The maximum Gasteiger partial charge on any atom is 0.00959 e. The molecule has 0 aromatic heterocycles. The molecule has 1 aromatic carbocycles. The van der Waals surface area contributed by atoms with Gasteiger partial charge in [-0.15, -0.1) is 11.8 Å². The first kappa shape index (κ1) is 11.5. The summed E-state index contributed by atoms with van der Waals surface area (Å²) in [5.41, 5.74) is 1.94. The molecule has 1 saturated carbocycles. The van der Waals surface area contributed by atoms with E-state index in [1.165, 1.54) is 40.8 Å². The average Bonchev–Trinajstić information content (AvgIpc) is 2.20. The summed E-state index contributed by atoms with van der Waals surface area (Å²) in [6.07, 6.45) is 4.22. The molecule has 0 spiro atoms. The van der Waals surface area contributed by atoms with Crippen molar-refractivity contribution in [1.82, 2.24) is 0 Å². The third-order valence-corrected chi connectivity index (χ3v) is 5.82. The monoisotopic (exact) mass is 284 g/mol. The zero-order valence-electron chi connectivity index (χ0n) is 9.13. The van der Waals surface area contributed by atoms with Crippen molar-refractivity contribution in [2.45, 2.75) is 31.1 Å². The van der Waals surface area contributed by atoms with E-state index >= 15 is 0 Å². The normalized spacial score (nSPS) is 18.5. The van der Waals surface area contributed by atoms with Crippen LogP contribution in [0.4, 0.5) is 0 Å². The number of alkyl halides is 1. The molecular formula is C13H17BrS. The average molecular weight is 285 g/mol. The lowest BCUT2D eigenvalue weighted by molar-refractivity contribution is 0.206. The molecule has 0 atom stereocenters. The van der Waals surface area contributed by atoms with Gasteiger partial charge in [-0.25, -0.2) is 0 Å². The number of benzene rings is 1. The molecule has 15 heavy (non-hydrogen) atoms. The number of thioether (sulfide) groups is 1. The van der Waals surface area contributed by atoms with Crippen molar-refractivity contribution >= 4 is 27.7 Å². The minimum Gasteiger partial charge on any atom is -0.126 e. The second-order valence-electron chi connectivity index (χ2n) is 4.59. The summed E-state index contributed by atoms with van der Waals surface area (Å²) < 4.78 is 0. The summed E-state index contributed by atoms with van der Waals surface area (Å²) in [6, 6.07) is 8.87. The van der Waals surface area contributed by atoms with Gasteiger partial charge in [0.15, 0.2) is 0 Å². The van der Waals surface area contributed by atoms with Crippen LogP contribution in [0.3, 0.4) is 0 Å². The SMILES string of the molecule is Cc1ccc(SCC2(CBr)CCC2)cc1. The summed E-state index contributed by atoms with van der Waals surface area (Å²) in [5, 5.41) is 1.17. The number of halogens is 1. The molecule has 0 saturated heterocycles. The molecule has 1 aliphatic carbocycles. The van der Waals surface area contributed by atoms with Gasteiger partial charge in [0.05, 0.1) is 0 Å². The van der Waals surface area contributed by atoms with Crippen molar-refractivity contribution in [2.75, 3.05) is 11.1 Å². The van der Waals surface area contributed by atoms with Crippen molar-refractivity contribution in [3.63, 3.8) is 0 Å². The molecule has 0 radical (unpaired) electrons. The van der Waals surface area contributed by atoms with Crippen LogP contribution >= 0.6 is 27.7 Å². The summed E-state index contributed by atoms with van der Waals surface area (Å²) in [7, 11) is 0. The molecule has 0 bridgehead atoms. The topological polar surface area (TPSA) is 0 Å². The first-order valence-electron chi connectivity index (χ1n) is 5.50. The zero-order chi connectivity index (χ0) is 10.7. The number of aryl methyl sites for hydroxylation is 1. The van der Waals surface area contributed by atoms with Crippen LogP contribution in [0.15, 0.2) is 29.2 Å². The minimum absolute atomic E-state index is 0.593. The first-order valence-corrected chi connectivity index (χ1v) is 7.60. The highest BCUT2D eigenvalue weighted by Gasteiger charge is 2.35. The maximum atomic E-state index is 3.66. The standard InChI is InChI=1S/C13H17BrS/c1-11-3-5-12(6-4-11)15-10-13(9-14)7-2-8-13/h3-6H,2,7-10H2,1H3. The smallest absolute Gasteiger partial charge is 0.00959 e. The molecule has 0 amide bonds. The second kappa shape index (κ2) is 4.92. The van der Waals surface area contributed by atoms with Crippen LogP contribution in [-0.4, -0.2) is 11.1 Å². The van der Waals surface area contributed by atoms with Gasteiger partial charge in [-0.1, -0.05) is 40.0 Å². The van der Waals surface area contributed by atoms with E-state index in [-0.39, 0.29) is 0 Å². The van der Waals surface area contributed by atoms with Crippen LogP contribution in [0.1, 0.15) is 24.8 Å². The third kappa shape index (κ3) is 2.79. The molecule has 1 aliphatic rings. The van der Waals surface area contributed by atoms with Crippen LogP contribution in [0.2, 0.25) is 0 Å². The molecule has 0 aliphatic heterocycles. The Morgan fingerprint density at radius 1 is 1.27 bits per heavy atom. The van der Waals surface area contributed by atoms with Crippen LogP contribution in [-0.2, 0) is 0 Å². The Morgan fingerprint density at radius 2 is 1.93 bits per heavy atom. The summed E-state index contributed by atoms with van der Waals surface area (Å²) in [4.78, 5) is 1.41. The molecule has 2 heteroatoms. The van der Waals surface area contributed by atoms with Crippen LogP contribution in [0.25, 0.3) is 0 Å². The lowest BCUT2D eigenvalue weighted by Crippen LogP contribution is -2.33. The van der Waals surface area contributed by atoms with E-state index in [0.29, 0.717) is 5.41 Å². The summed E-state index contributed by atoms with van der Waals surface area (Å²) >= 11 is 5.66. The van der Waals surface area contributed by atoms with E-state index in [4.69, 9.17) is 0 Å². The van der Waals surface area contributed by atoms with E-state index in [1.807, 2.05) is 11.8 Å². The van der Waals surface area contributed by atoms with E-state index in [9.17, 15) is 0 Å². The lowest BCUT2D eigenvalue weighted by atomic mass is 9.72. The lowest BCUT2D eigenvalue weighted by Gasteiger charge is -2.40. The van der Waals surface area contributed by atoms with E-state index < -0.39 is 0 Å². The van der Waals surface area contributed by atoms with Gasteiger partial charge in [-0.05, 0) is 37.3 Å². The van der Waals surface area contributed by atoms with Gasteiger partial charge in [0.2, 0.25) is 0 Å². The maximum absolute atomic E-state index is 3.66. The molecule has 0 N–H and O–H groups in total. The van der Waals surface area contributed by atoms with Gasteiger partial charge < -0.3 is 0 Å². The summed E-state index contributed by atoms with van der Waals surface area (Å²) in [6.45, 7) is 2.14. The summed E-state index contributed by atoms with van der Waals surface area (Å²) in [5.74, 6) is 1.27. The molecule has 1 aromatic rings. The van der Waals surface area contributed by atoms with Crippen molar-refractivity contribution in [1.29, 1.82) is 0 Å². The molecule has 0 nitrogen and oxygen atoms in total. The minimum atomic E-state index is 0.593. The van der Waals surface area contributed by atoms with E-state index in [2.05, 4.69) is 47.1 Å². The van der Waals surface area contributed by atoms with Crippen molar-refractivity contribution in [2.24, 2.45) is 5.41 Å². The highest BCUT2D eigenvalue weighted by atomic mass is 79.9. The highest BCUT2D eigenvalue weighted by molar-refractivity contribution is 9.09.